The Kier molecular flexibility index (Phi) is 3.32. The van der Waals surface area contributed by atoms with Crippen molar-refractivity contribution in [1.82, 2.24) is 0 Å². The van der Waals surface area contributed by atoms with Crippen LogP contribution in [0.3, 0.4) is 0 Å². The van der Waals surface area contributed by atoms with Crippen molar-refractivity contribution in [2.75, 3.05) is 23.7 Å². The summed E-state index contributed by atoms with van der Waals surface area (Å²) in [4.78, 5) is 2.25. The lowest BCUT2D eigenvalue weighted by atomic mass is 9.85. The third-order valence-electron chi connectivity index (χ3n) is 3.42. The van der Waals surface area contributed by atoms with Gasteiger partial charge in [-0.05, 0) is 43.9 Å². The van der Waals surface area contributed by atoms with Gasteiger partial charge in [0, 0.05) is 13.1 Å². The Hall–Kier alpha value is -1.25. The highest BCUT2D eigenvalue weighted by molar-refractivity contribution is 5.67. The van der Waals surface area contributed by atoms with Crippen molar-refractivity contribution in [3.8, 4) is 0 Å². The van der Waals surface area contributed by atoms with Crippen molar-refractivity contribution in [2.45, 2.75) is 26.2 Å². The van der Waals surface area contributed by atoms with E-state index >= 15 is 0 Å². The van der Waals surface area contributed by atoms with Gasteiger partial charge in [0.1, 0.15) is 5.82 Å². The Balaban J connectivity index is 2.11. The van der Waals surface area contributed by atoms with E-state index in [4.69, 9.17) is 5.73 Å². The molecule has 1 aliphatic carbocycles. The summed E-state index contributed by atoms with van der Waals surface area (Å²) in [5, 5.41) is 0. The van der Waals surface area contributed by atoms with Gasteiger partial charge in [0.2, 0.25) is 0 Å². The van der Waals surface area contributed by atoms with Crippen LogP contribution < -0.4 is 10.6 Å². The lowest BCUT2D eigenvalue weighted by Gasteiger charge is -2.33. The number of rotatable bonds is 4. The highest BCUT2D eigenvalue weighted by atomic mass is 19.1. The SMILES string of the molecule is CCN(CC1CCC1)c1ccc(F)cc1N. The van der Waals surface area contributed by atoms with E-state index in [1.165, 1.54) is 31.4 Å². The Morgan fingerprint density at radius 2 is 2.19 bits per heavy atom. The van der Waals surface area contributed by atoms with Crippen LogP contribution in [0, 0.1) is 11.7 Å². The summed E-state index contributed by atoms with van der Waals surface area (Å²) in [6.45, 7) is 4.08. The van der Waals surface area contributed by atoms with Crippen LogP contribution in [0.4, 0.5) is 15.8 Å². The molecule has 2 rings (SSSR count). The van der Waals surface area contributed by atoms with Crippen LogP contribution in [-0.4, -0.2) is 13.1 Å². The van der Waals surface area contributed by atoms with Gasteiger partial charge in [-0.15, -0.1) is 0 Å². The zero-order valence-corrected chi connectivity index (χ0v) is 9.75. The van der Waals surface area contributed by atoms with E-state index in [0.29, 0.717) is 5.69 Å². The van der Waals surface area contributed by atoms with Gasteiger partial charge in [0.25, 0.3) is 0 Å². The molecule has 0 bridgehead atoms. The zero-order valence-electron chi connectivity index (χ0n) is 9.75. The minimum atomic E-state index is -0.263. The van der Waals surface area contributed by atoms with E-state index in [1.807, 2.05) is 0 Å². The minimum Gasteiger partial charge on any atom is -0.397 e. The fourth-order valence-corrected chi connectivity index (χ4v) is 2.20. The van der Waals surface area contributed by atoms with Crippen molar-refractivity contribution in [2.24, 2.45) is 5.92 Å². The van der Waals surface area contributed by atoms with E-state index in [1.54, 1.807) is 6.07 Å². The van der Waals surface area contributed by atoms with Crippen LogP contribution in [-0.2, 0) is 0 Å². The standard InChI is InChI=1S/C13H19FN2/c1-2-16(9-10-4-3-5-10)13-7-6-11(14)8-12(13)15/h6-8,10H,2-5,9,15H2,1H3. The second-order valence-corrected chi connectivity index (χ2v) is 4.54. The number of hydrogen-bond donors (Lipinski definition) is 1. The van der Waals surface area contributed by atoms with Gasteiger partial charge in [-0.2, -0.15) is 0 Å². The highest BCUT2D eigenvalue weighted by Crippen LogP contribution is 2.31. The highest BCUT2D eigenvalue weighted by Gasteiger charge is 2.21. The molecule has 0 heterocycles. The maximum absolute atomic E-state index is 13.0. The first-order valence-electron chi connectivity index (χ1n) is 6.00. The molecule has 2 N–H and O–H groups in total. The van der Waals surface area contributed by atoms with E-state index in [0.717, 1.165) is 24.7 Å². The second-order valence-electron chi connectivity index (χ2n) is 4.54. The Morgan fingerprint density at radius 1 is 1.44 bits per heavy atom. The lowest BCUT2D eigenvalue weighted by molar-refractivity contribution is 0.318. The average molecular weight is 222 g/mol. The zero-order chi connectivity index (χ0) is 11.5. The van der Waals surface area contributed by atoms with Gasteiger partial charge in [0.05, 0.1) is 11.4 Å². The Bertz CT molecular complexity index is 361. The van der Waals surface area contributed by atoms with Gasteiger partial charge in [-0.1, -0.05) is 6.42 Å². The van der Waals surface area contributed by atoms with Crippen molar-refractivity contribution in [3.63, 3.8) is 0 Å². The molecular weight excluding hydrogens is 203 g/mol. The average Bonchev–Trinajstić information content (AvgIpc) is 2.18. The minimum absolute atomic E-state index is 0.263. The third-order valence-corrected chi connectivity index (χ3v) is 3.42. The van der Waals surface area contributed by atoms with Crippen LogP contribution >= 0.6 is 0 Å². The number of nitrogen functional groups attached to an aromatic ring is 1. The summed E-state index contributed by atoms with van der Waals surface area (Å²) in [5.41, 5.74) is 7.36. The number of nitrogens with two attached hydrogens (primary N) is 1. The van der Waals surface area contributed by atoms with Gasteiger partial charge in [0.15, 0.2) is 0 Å². The lowest BCUT2D eigenvalue weighted by Crippen LogP contribution is -2.32. The molecule has 0 unspecified atom stereocenters. The monoisotopic (exact) mass is 222 g/mol. The maximum atomic E-state index is 13.0. The molecular formula is C13H19FN2. The molecule has 88 valence electrons. The molecule has 3 heteroatoms. The van der Waals surface area contributed by atoms with E-state index in [-0.39, 0.29) is 5.82 Å². The van der Waals surface area contributed by atoms with Crippen LogP contribution in [0.2, 0.25) is 0 Å². The first-order valence-corrected chi connectivity index (χ1v) is 6.00. The summed E-state index contributed by atoms with van der Waals surface area (Å²) in [5.74, 6) is 0.533. The summed E-state index contributed by atoms with van der Waals surface area (Å²) < 4.78 is 13.0. The van der Waals surface area contributed by atoms with Gasteiger partial charge >= 0.3 is 0 Å². The molecule has 1 aliphatic rings. The van der Waals surface area contributed by atoms with Crippen molar-refractivity contribution < 1.29 is 4.39 Å². The predicted molar refractivity (Wildman–Crippen MR) is 66.0 cm³/mol. The quantitative estimate of drug-likeness (QED) is 0.793. The molecule has 0 saturated heterocycles. The van der Waals surface area contributed by atoms with E-state index in [9.17, 15) is 4.39 Å². The van der Waals surface area contributed by atoms with Crippen LogP contribution in [0.5, 0.6) is 0 Å². The van der Waals surface area contributed by atoms with Crippen LogP contribution in [0.25, 0.3) is 0 Å². The molecule has 1 aromatic rings. The smallest absolute Gasteiger partial charge is 0.125 e. The second kappa shape index (κ2) is 4.73. The molecule has 0 atom stereocenters. The van der Waals surface area contributed by atoms with Crippen molar-refractivity contribution in [3.05, 3.63) is 24.0 Å². The fourth-order valence-electron chi connectivity index (χ4n) is 2.20. The number of anilines is 2. The molecule has 0 radical (unpaired) electrons. The Labute approximate surface area is 96.2 Å². The van der Waals surface area contributed by atoms with Crippen molar-refractivity contribution in [1.29, 1.82) is 0 Å². The largest absolute Gasteiger partial charge is 0.397 e. The number of nitrogens with zero attached hydrogens (tertiary/aromatic N) is 1. The molecule has 2 nitrogen and oxygen atoms in total. The molecule has 1 saturated carbocycles. The molecule has 1 fully saturated rings. The van der Waals surface area contributed by atoms with Gasteiger partial charge in [-0.25, -0.2) is 4.39 Å². The molecule has 0 spiro atoms. The topological polar surface area (TPSA) is 29.3 Å². The van der Waals surface area contributed by atoms with E-state index in [2.05, 4.69) is 11.8 Å². The molecule has 0 amide bonds. The van der Waals surface area contributed by atoms with Crippen LogP contribution in [0.1, 0.15) is 26.2 Å². The predicted octanol–water partition coefficient (Wildman–Crippen LogP) is 3.03. The van der Waals surface area contributed by atoms with E-state index < -0.39 is 0 Å². The van der Waals surface area contributed by atoms with Crippen molar-refractivity contribution >= 4 is 11.4 Å². The number of benzene rings is 1. The molecule has 0 aliphatic heterocycles. The first-order chi connectivity index (χ1) is 7.70. The third kappa shape index (κ3) is 2.29. The summed E-state index contributed by atoms with van der Waals surface area (Å²) in [6, 6.07) is 4.67. The normalized spacial score (nSPS) is 15.9. The first kappa shape index (κ1) is 11.2. The van der Waals surface area contributed by atoms with Gasteiger partial charge in [-0.3, -0.25) is 0 Å². The summed E-state index contributed by atoms with van der Waals surface area (Å²) >= 11 is 0. The molecule has 1 aromatic carbocycles. The summed E-state index contributed by atoms with van der Waals surface area (Å²) in [6.07, 6.45) is 3.98. The fraction of sp³-hybridized carbons (Fsp3) is 0.538. The number of hydrogen-bond acceptors (Lipinski definition) is 2. The summed E-state index contributed by atoms with van der Waals surface area (Å²) in [7, 11) is 0. The number of halogens is 1. The van der Waals surface area contributed by atoms with Crippen LogP contribution in [0.15, 0.2) is 18.2 Å². The molecule has 16 heavy (non-hydrogen) atoms. The Morgan fingerprint density at radius 3 is 2.69 bits per heavy atom. The molecule has 0 aromatic heterocycles. The maximum Gasteiger partial charge on any atom is 0.125 e. The van der Waals surface area contributed by atoms with Gasteiger partial charge < -0.3 is 10.6 Å².